The first-order valence-electron chi connectivity index (χ1n) is 38.8. The molecule has 0 spiro atoms. The van der Waals surface area contributed by atoms with Gasteiger partial charge < -0.3 is 101 Å². The van der Waals surface area contributed by atoms with E-state index in [2.05, 4.69) is 165 Å². The number of benzene rings is 5. The number of hydrogen-bond acceptors (Lipinski definition) is 28. The number of amidine groups is 10. The average Bonchev–Trinajstić information content (AvgIpc) is 1.68. The largest absolute Gasteiger partial charge is 0.454 e. The van der Waals surface area contributed by atoms with Crippen molar-refractivity contribution in [2.75, 3.05) is 122 Å². The number of nitrogens with zero attached hydrogens (tertiary/aromatic N) is 14. The molecule has 0 radical (unpaired) electrons. The van der Waals surface area contributed by atoms with Crippen LogP contribution in [0.4, 0.5) is 0 Å². The molecule has 10 heterocycles. The predicted molar refractivity (Wildman–Crippen MR) is 444 cm³/mol. The lowest BCUT2D eigenvalue weighted by Crippen LogP contribution is -2.37. The van der Waals surface area contributed by atoms with Crippen LogP contribution in [-0.2, 0) is 32.1 Å². The Morgan fingerprint density at radius 3 is 1.12 bits per heavy atom. The second-order valence-electron chi connectivity index (χ2n) is 29.6. The van der Waals surface area contributed by atoms with E-state index in [0.717, 1.165) is 157 Å². The molecule has 30 heteroatoms. The van der Waals surface area contributed by atoms with Gasteiger partial charge in [0.2, 0.25) is 34.0 Å². The standard InChI is InChI=1S/C18H26N4O2.C17H24N4O2.2C16H22N4O2.C15H20N4O2/c1-13-11-19-17(21(2)3)10-18(20-13)22(4)8-7-14-5-6-15-16(9-14)24-12-23-15;1-11-12(2)20-17(9-16(18)19-11)21(3)7-6-13-4-5-14-15(8-13)23-10-22-14;1-11-9-18-15(17)8-16(19-11)20(2)6-5-12-3-4-13-14(7-12)22-10-21-13;1-10-11(2)20-16(8-15(17)19-10)18-6-5-12-3-4-13-14(7-12)22-9-21-13;1-10-8-18-14(16)7-15(19-10)17-5-4-11-2-3-12-13(6-11)21-9-20-12/h5-6,9,13H,7-8,10-12H2,1-4H3;4-5,8,11-12H,6-7,9-10H2,1-3H3,(H2,18,19);3-4,7,11H,5-6,8-10H2,1-2H3,(H2,17,18);3-4,7,10-11H,5-6,8-9H2,1-2H3,(H2,17,19)(H,18,20);2-3,6,10H,4-5,7-9H2,1H3,(H2,16,18)(H,17,19). The van der Waals surface area contributed by atoms with Crippen LogP contribution >= 0.6 is 0 Å². The molecule has 30 nitrogen and oxygen atoms in total. The van der Waals surface area contributed by atoms with Crippen molar-refractivity contribution in [3.8, 4) is 57.5 Å². The number of nitrogens with two attached hydrogens (primary N) is 4. The molecule has 15 rings (SSSR count). The van der Waals surface area contributed by atoms with Gasteiger partial charge in [-0.3, -0.25) is 49.9 Å². The number of hydrogen-bond donors (Lipinski definition) is 6. The Kier molecular flexibility index (Phi) is 28.9. The Hall–Kier alpha value is -11.2. The summed E-state index contributed by atoms with van der Waals surface area (Å²) in [4.78, 5) is 54.4. The fraction of sp³-hybridized carbons (Fsp3) is 0.512. The molecule has 5 aromatic carbocycles. The van der Waals surface area contributed by atoms with Gasteiger partial charge in [0.25, 0.3) is 0 Å². The fourth-order valence-electron chi connectivity index (χ4n) is 13.0. The van der Waals surface area contributed by atoms with Gasteiger partial charge in [-0.05, 0) is 169 Å². The number of aliphatic imine (C=N–C) groups is 10. The third-order valence-corrected chi connectivity index (χ3v) is 20.1. The van der Waals surface area contributed by atoms with E-state index in [1.165, 1.54) is 27.8 Å². The lowest BCUT2D eigenvalue weighted by molar-refractivity contribution is 0.173. The van der Waals surface area contributed by atoms with Crippen LogP contribution in [0.25, 0.3) is 0 Å². The molecule has 0 amide bonds. The van der Waals surface area contributed by atoms with E-state index in [1.807, 2.05) is 74.8 Å². The van der Waals surface area contributed by atoms with E-state index < -0.39 is 0 Å². The summed E-state index contributed by atoms with van der Waals surface area (Å²) in [6.45, 7) is 22.3. The Morgan fingerprint density at radius 2 is 0.679 bits per heavy atom. The predicted octanol–water partition coefficient (Wildman–Crippen LogP) is 7.88. The van der Waals surface area contributed by atoms with Crippen LogP contribution in [0, 0.1) is 0 Å². The first kappa shape index (κ1) is 81.8. The summed E-state index contributed by atoms with van der Waals surface area (Å²) < 4.78 is 53.7. The highest BCUT2D eigenvalue weighted by Gasteiger charge is 2.25. The highest BCUT2D eigenvalue weighted by molar-refractivity contribution is 6.05. The molecule has 112 heavy (non-hydrogen) atoms. The summed E-state index contributed by atoms with van der Waals surface area (Å²) in [6, 6.07) is 31.7. The lowest BCUT2D eigenvalue weighted by atomic mass is 10.1. The summed E-state index contributed by atoms with van der Waals surface area (Å²) in [7, 11) is 10.3. The van der Waals surface area contributed by atoms with E-state index in [4.69, 9.17) is 85.3 Å². The summed E-state index contributed by atoms with van der Waals surface area (Å²) >= 11 is 0. The fourth-order valence-corrected chi connectivity index (χ4v) is 13.0. The van der Waals surface area contributed by atoms with Gasteiger partial charge in [0.15, 0.2) is 57.5 Å². The highest BCUT2D eigenvalue weighted by atomic mass is 16.7. The van der Waals surface area contributed by atoms with Gasteiger partial charge in [-0.2, -0.15) is 0 Å². The first-order chi connectivity index (χ1) is 54.0. The minimum atomic E-state index is 0.134. The van der Waals surface area contributed by atoms with E-state index >= 15 is 0 Å². The third-order valence-electron chi connectivity index (χ3n) is 20.1. The molecule has 10 N–H and O–H groups in total. The van der Waals surface area contributed by atoms with Crippen molar-refractivity contribution in [3.05, 3.63) is 119 Å². The SMILES string of the molecule is CC1CN=C(N(C)C)CC(N(C)CCc2ccc3c(c2)OCO3)=N1.CC1CN=C(N)CC(=NCCc2ccc3c(c2)OCO3)N1.CC1CN=C(N)CC(N(C)CCc2ccc3c(c2)OCO3)=N1.CC1N=C(N)CC(=NCCc2ccc3c(c2)OCO3)NC1C.CC1N=C(N)CC(N(C)CCc2ccc3c(c2)OCO3)=NC1C. The van der Waals surface area contributed by atoms with Crippen LogP contribution in [-0.4, -0.2) is 242 Å². The molecule has 10 aliphatic heterocycles. The highest BCUT2D eigenvalue weighted by Crippen LogP contribution is 2.37. The van der Waals surface area contributed by atoms with Gasteiger partial charge in [-0.15, -0.1) is 0 Å². The van der Waals surface area contributed by atoms with Gasteiger partial charge in [0.1, 0.15) is 58.4 Å². The van der Waals surface area contributed by atoms with Crippen molar-refractivity contribution in [3.63, 3.8) is 0 Å². The van der Waals surface area contributed by atoms with Gasteiger partial charge >= 0.3 is 0 Å². The second kappa shape index (κ2) is 39.6. The zero-order valence-electron chi connectivity index (χ0n) is 67.1. The molecule has 0 saturated carbocycles. The van der Waals surface area contributed by atoms with Gasteiger partial charge in [-0.1, -0.05) is 30.3 Å². The number of ether oxygens (including phenoxy) is 10. The van der Waals surface area contributed by atoms with Crippen molar-refractivity contribution in [2.24, 2.45) is 72.9 Å². The maximum absolute atomic E-state index is 6.00. The molecule has 10 aliphatic rings. The van der Waals surface area contributed by atoms with Crippen LogP contribution in [0.2, 0.25) is 0 Å². The number of rotatable bonds is 15. The number of nitrogens with one attached hydrogen (secondary N) is 2. The smallest absolute Gasteiger partial charge is 0.231 e. The van der Waals surface area contributed by atoms with Crippen molar-refractivity contribution in [1.82, 2.24) is 30.2 Å². The van der Waals surface area contributed by atoms with Gasteiger partial charge in [0.05, 0.1) is 81.9 Å². The van der Waals surface area contributed by atoms with Crippen molar-refractivity contribution in [2.45, 2.75) is 155 Å². The maximum atomic E-state index is 6.00. The minimum absolute atomic E-state index is 0.134. The number of fused-ring (bicyclic) bond motifs is 5. The molecule has 0 aromatic heterocycles. The van der Waals surface area contributed by atoms with Crippen molar-refractivity contribution < 1.29 is 47.4 Å². The molecule has 0 bridgehead atoms. The van der Waals surface area contributed by atoms with Crippen LogP contribution in [0.3, 0.4) is 0 Å². The van der Waals surface area contributed by atoms with Gasteiger partial charge in [0, 0.05) is 80.0 Å². The van der Waals surface area contributed by atoms with E-state index in [-0.39, 0.29) is 42.3 Å². The zero-order chi connectivity index (χ0) is 79.2. The molecule has 0 aliphatic carbocycles. The molecule has 602 valence electrons. The van der Waals surface area contributed by atoms with Crippen LogP contribution in [0.15, 0.2) is 141 Å². The normalized spacial score (nSPS) is 22.1. The summed E-state index contributed by atoms with van der Waals surface area (Å²) in [5, 5.41) is 6.75. The Balaban J connectivity index is 0.000000139. The molecular weight excluding hydrogens is 1430 g/mol. The molecule has 5 aromatic rings. The Bertz CT molecular complexity index is 4360. The molecule has 7 atom stereocenters. The topological polar surface area (TPSA) is 357 Å². The quantitative estimate of drug-likeness (QED) is 0.0580. The maximum Gasteiger partial charge on any atom is 0.231 e. The average molecular weight is 1540 g/mol. The number of likely N-dealkylation sites (N-methyl/N-ethyl adjacent to an activating group) is 3. The lowest BCUT2D eigenvalue weighted by Gasteiger charge is -2.23. The van der Waals surface area contributed by atoms with Crippen LogP contribution in [0.5, 0.6) is 57.5 Å². The Labute approximate surface area is 658 Å². The molecule has 0 fully saturated rings. The summed E-state index contributed by atoms with van der Waals surface area (Å²) in [6.07, 6.45) is 7.69. The molecular formula is C82H114N20O10. The van der Waals surface area contributed by atoms with E-state index in [0.29, 0.717) is 109 Å². The zero-order valence-corrected chi connectivity index (χ0v) is 67.1. The summed E-state index contributed by atoms with van der Waals surface area (Å²) in [5.74, 6) is 16.9. The Morgan fingerprint density at radius 1 is 0.348 bits per heavy atom. The minimum Gasteiger partial charge on any atom is -0.454 e. The monoisotopic (exact) mass is 1540 g/mol. The van der Waals surface area contributed by atoms with Crippen molar-refractivity contribution >= 4 is 58.4 Å². The van der Waals surface area contributed by atoms with E-state index in [9.17, 15) is 0 Å². The van der Waals surface area contributed by atoms with E-state index in [1.54, 1.807) is 0 Å². The second-order valence-corrected chi connectivity index (χ2v) is 29.6. The van der Waals surface area contributed by atoms with Crippen LogP contribution in [0.1, 0.15) is 108 Å². The summed E-state index contributed by atoms with van der Waals surface area (Å²) in [5.41, 5.74) is 29.7. The van der Waals surface area contributed by atoms with Crippen LogP contribution < -0.4 is 80.9 Å². The molecule has 0 saturated heterocycles. The first-order valence-corrected chi connectivity index (χ1v) is 38.8. The van der Waals surface area contributed by atoms with Crippen molar-refractivity contribution in [1.29, 1.82) is 0 Å². The third kappa shape index (κ3) is 24.2. The molecule has 7 unspecified atom stereocenters. The van der Waals surface area contributed by atoms with Gasteiger partial charge in [-0.25, -0.2) is 0 Å².